The van der Waals surface area contributed by atoms with Gasteiger partial charge in [0.1, 0.15) is 10.5 Å². The van der Waals surface area contributed by atoms with Gasteiger partial charge in [0.2, 0.25) is 5.91 Å². The molecule has 5 nitrogen and oxygen atoms in total. The van der Waals surface area contributed by atoms with Gasteiger partial charge in [-0.3, -0.25) is 9.59 Å². The number of H-pyrrole nitrogens is 1. The zero-order valence-electron chi connectivity index (χ0n) is 14.3. The lowest BCUT2D eigenvalue weighted by Gasteiger charge is -2.16. The van der Waals surface area contributed by atoms with Crippen molar-refractivity contribution in [3.8, 4) is 0 Å². The lowest BCUT2D eigenvalue weighted by molar-refractivity contribution is -0.127. The Morgan fingerprint density at radius 1 is 1.32 bits per heavy atom. The van der Waals surface area contributed by atoms with Gasteiger partial charge in [0.05, 0.1) is 17.8 Å². The number of hydrogen-bond donors (Lipinski definition) is 1. The van der Waals surface area contributed by atoms with Gasteiger partial charge in [-0.25, -0.2) is 4.98 Å². The third kappa shape index (κ3) is 4.11. The van der Waals surface area contributed by atoms with Crippen LogP contribution >= 0.6 is 23.1 Å². The van der Waals surface area contributed by atoms with Crippen molar-refractivity contribution >= 4 is 39.2 Å². The SMILES string of the molecule is Cc1ccc(C)c(SCC(=O)N(C)Cc2nc3ccsc3c(=O)[nH]2)c1. The van der Waals surface area contributed by atoms with Gasteiger partial charge >= 0.3 is 0 Å². The number of aryl methyl sites for hydroxylation is 2. The lowest BCUT2D eigenvalue weighted by atomic mass is 10.2. The fourth-order valence-electron chi connectivity index (χ4n) is 2.42. The van der Waals surface area contributed by atoms with E-state index in [1.165, 1.54) is 34.2 Å². The normalized spacial score (nSPS) is 11.0. The van der Waals surface area contributed by atoms with Gasteiger partial charge < -0.3 is 9.88 Å². The van der Waals surface area contributed by atoms with Crippen molar-refractivity contribution < 1.29 is 4.79 Å². The summed E-state index contributed by atoms with van der Waals surface area (Å²) in [6.07, 6.45) is 0. The molecule has 0 saturated carbocycles. The number of aromatic amines is 1. The summed E-state index contributed by atoms with van der Waals surface area (Å²) >= 11 is 2.90. The molecular weight excluding hydrogens is 354 g/mol. The molecule has 0 radical (unpaired) electrons. The standard InChI is InChI=1S/C18H19N3O2S2/c1-11-4-5-12(2)14(8-11)25-10-16(22)21(3)9-15-19-13-6-7-24-17(13)18(23)20-15/h4-8H,9-10H2,1-3H3,(H,19,20,23). The number of nitrogens with zero attached hydrogens (tertiary/aromatic N) is 2. The molecule has 0 spiro atoms. The van der Waals surface area contributed by atoms with Crippen molar-refractivity contribution in [3.05, 3.63) is 57.0 Å². The highest BCUT2D eigenvalue weighted by Gasteiger charge is 2.13. The van der Waals surface area contributed by atoms with E-state index in [1.807, 2.05) is 25.3 Å². The number of carbonyl (C=O) groups excluding carboxylic acids is 1. The Hall–Kier alpha value is -2.12. The van der Waals surface area contributed by atoms with E-state index in [1.54, 1.807) is 11.9 Å². The number of thioether (sulfide) groups is 1. The summed E-state index contributed by atoms with van der Waals surface area (Å²) < 4.78 is 0.614. The predicted molar refractivity (Wildman–Crippen MR) is 103 cm³/mol. The van der Waals surface area contributed by atoms with Crippen LogP contribution in [0.3, 0.4) is 0 Å². The van der Waals surface area contributed by atoms with E-state index in [-0.39, 0.29) is 18.0 Å². The summed E-state index contributed by atoms with van der Waals surface area (Å²) in [6, 6.07) is 8.04. The molecule has 0 aliphatic rings. The van der Waals surface area contributed by atoms with E-state index in [2.05, 4.69) is 28.2 Å². The predicted octanol–water partition coefficient (Wildman–Crippen LogP) is 3.35. The minimum atomic E-state index is -0.152. The first-order chi connectivity index (χ1) is 11.9. The van der Waals surface area contributed by atoms with Crippen LogP contribution in [0.2, 0.25) is 0 Å². The van der Waals surface area contributed by atoms with Gasteiger partial charge in [0.25, 0.3) is 5.56 Å². The van der Waals surface area contributed by atoms with Crippen molar-refractivity contribution in [1.82, 2.24) is 14.9 Å². The Balaban J connectivity index is 1.65. The van der Waals surface area contributed by atoms with E-state index in [4.69, 9.17) is 0 Å². The van der Waals surface area contributed by atoms with Gasteiger partial charge in [0, 0.05) is 11.9 Å². The second-order valence-corrected chi connectivity index (χ2v) is 7.89. The maximum Gasteiger partial charge on any atom is 0.268 e. The van der Waals surface area contributed by atoms with E-state index >= 15 is 0 Å². The van der Waals surface area contributed by atoms with Crippen LogP contribution < -0.4 is 5.56 Å². The number of thiophene rings is 1. The molecule has 1 N–H and O–H groups in total. The largest absolute Gasteiger partial charge is 0.338 e. The summed E-state index contributed by atoms with van der Waals surface area (Å²) in [4.78, 5) is 34.3. The average molecular weight is 374 g/mol. The molecular formula is C18H19N3O2S2. The zero-order chi connectivity index (χ0) is 18.0. The zero-order valence-corrected chi connectivity index (χ0v) is 16.0. The van der Waals surface area contributed by atoms with Crippen molar-refractivity contribution in [2.24, 2.45) is 0 Å². The fraction of sp³-hybridized carbons (Fsp3) is 0.278. The van der Waals surface area contributed by atoms with Crippen LogP contribution in [0, 0.1) is 13.8 Å². The number of benzene rings is 1. The molecule has 3 aromatic rings. The van der Waals surface area contributed by atoms with E-state index in [0.717, 1.165) is 4.90 Å². The molecule has 7 heteroatoms. The Kier molecular flexibility index (Phi) is 5.24. The van der Waals surface area contributed by atoms with Crippen LogP contribution in [0.15, 0.2) is 39.3 Å². The van der Waals surface area contributed by atoms with Crippen molar-refractivity contribution in [3.63, 3.8) is 0 Å². The molecule has 0 fully saturated rings. The van der Waals surface area contributed by atoms with Crippen molar-refractivity contribution in [2.75, 3.05) is 12.8 Å². The first-order valence-corrected chi connectivity index (χ1v) is 9.71. The molecule has 25 heavy (non-hydrogen) atoms. The first-order valence-electron chi connectivity index (χ1n) is 7.84. The molecule has 1 amide bonds. The minimum Gasteiger partial charge on any atom is -0.338 e. The second-order valence-electron chi connectivity index (χ2n) is 5.96. The maximum absolute atomic E-state index is 12.4. The first kappa shape index (κ1) is 17.7. The molecule has 0 unspecified atom stereocenters. The van der Waals surface area contributed by atoms with Crippen LogP contribution in [-0.4, -0.2) is 33.6 Å². The second kappa shape index (κ2) is 7.41. The molecule has 0 atom stereocenters. The van der Waals surface area contributed by atoms with Gasteiger partial charge in [-0.15, -0.1) is 23.1 Å². The lowest BCUT2D eigenvalue weighted by Crippen LogP contribution is -2.29. The number of amides is 1. The number of rotatable bonds is 5. The minimum absolute atomic E-state index is 0.000953. The Labute approximate surface area is 154 Å². The van der Waals surface area contributed by atoms with Crippen LogP contribution in [-0.2, 0) is 11.3 Å². The summed E-state index contributed by atoms with van der Waals surface area (Å²) in [6.45, 7) is 4.37. The monoisotopic (exact) mass is 373 g/mol. The average Bonchev–Trinajstić information content (AvgIpc) is 3.04. The van der Waals surface area contributed by atoms with E-state index < -0.39 is 0 Å². The summed E-state index contributed by atoms with van der Waals surface area (Å²) in [5, 5.41) is 1.84. The molecule has 0 aliphatic carbocycles. The molecule has 3 rings (SSSR count). The summed E-state index contributed by atoms with van der Waals surface area (Å²) in [5.74, 6) is 0.855. The molecule has 2 aromatic heterocycles. The molecule has 0 aliphatic heterocycles. The maximum atomic E-state index is 12.4. The van der Waals surface area contributed by atoms with Gasteiger partial charge in [-0.1, -0.05) is 17.7 Å². The number of nitrogens with one attached hydrogen (secondary N) is 1. The number of carbonyl (C=O) groups is 1. The van der Waals surface area contributed by atoms with Crippen LogP contribution in [0.1, 0.15) is 17.0 Å². The summed E-state index contributed by atoms with van der Waals surface area (Å²) in [7, 11) is 1.73. The number of aromatic nitrogens is 2. The van der Waals surface area contributed by atoms with Gasteiger partial charge in [-0.2, -0.15) is 0 Å². The Morgan fingerprint density at radius 3 is 2.92 bits per heavy atom. The smallest absolute Gasteiger partial charge is 0.268 e. The van der Waals surface area contributed by atoms with Gasteiger partial charge in [-0.05, 0) is 36.9 Å². The molecule has 2 heterocycles. The van der Waals surface area contributed by atoms with Crippen molar-refractivity contribution in [1.29, 1.82) is 0 Å². The molecule has 1 aromatic carbocycles. The third-order valence-electron chi connectivity index (χ3n) is 3.87. The Bertz CT molecular complexity index is 978. The topological polar surface area (TPSA) is 66.1 Å². The quantitative estimate of drug-likeness (QED) is 0.697. The number of hydrogen-bond acceptors (Lipinski definition) is 5. The molecule has 130 valence electrons. The van der Waals surface area contributed by atoms with Crippen LogP contribution in [0.5, 0.6) is 0 Å². The molecule has 0 saturated heterocycles. The van der Waals surface area contributed by atoms with Crippen molar-refractivity contribution in [2.45, 2.75) is 25.3 Å². The summed E-state index contributed by atoms with van der Waals surface area (Å²) in [5.41, 5.74) is 2.87. The number of fused-ring (bicyclic) bond motifs is 1. The highest BCUT2D eigenvalue weighted by molar-refractivity contribution is 8.00. The van der Waals surface area contributed by atoms with E-state index in [0.29, 0.717) is 21.8 Å². The Morgan fingerprint density at radius 2 is 2.12 bits per heavy atom. The fourth-order valence-corrected chi connectivity index (χ4v) is 4.21. The highest BCUT2D eigenvalue weighted by Crippen LogP contribution is 2.23. The highest BCUT2D eigenvalue weighted by atomic mass is 32.2. The third-order valence-corrected chi connectivity index (χ3v) is 5.92. The van der Waals surface area contributed by atoms with E-state index in [9.17, 15) is 9.59 Å². The van der Waals surface area contributed by atoms with Gasteiger partial charge in [0.15, 0.2) is 0 Å². The molecule has 0 bridgehead atoms. The van der Waals surface area contributed by atoms with Crippen LogP contribution in [0.25, 0.3) is 10.2 Å². The van der Waals surface area contributed by atoms with Crippen LogP contribution in [0.4, 0.5) is 0 Å².